The van der Waals surface area contributed by atoms with Crippen LogP contribution in [0.2, 0.25) is 0 Å². The lowest BCUT2D eigenvalue weighted by Gasteiger charge is -2.09. The molecule has 0 saturated carbocycles. The predicted molar refractivity (Wildman–Crippen MR) is 77.8 cm³/mol. The van der Waals surface area contributed by atoms with Crippen LogP contribution in [0.4, 0.5) is 5.69 Å². The Morgan fingerprint density at radius 3 is 2.79 bits per heavy atom. The van der Waals surface area contributed by atoms with E-state index < -0.39 is 0 Å². The van der Waals surface area contributed by atoms with Crippen LogP contribution in [0.25, 0.3) is 0 Å². The first-order chi connectivity index (χ1) is 9.02. The minimum atomic E-state index is -0.186. The molecule has 2 N–H and O–H groups in total. The van der Waals surface area contributed by atoms with E-state index >= 15 is 0 Å². The summed E-state index contributed by atoms with van der Waals surface area (Å²) in [5.74, 6) is 5.96. The van der Waals surface area contributed by atoms with Crippen LogP contribution >= 0.6 is 0 Å². The van der Waals surface area contributed by atoms with Gasteiger partial charge in [0.2, 0.25) is 5.91 Å². The zero-order chi connectivity index (χ0) is 14.3. The maximum absolute atomic E-state index is 11.8. The van der Waals surface area contributed by atoms with Gasteiger partial charge in [-0.3, -0.25) is 4.79 Å². The molecule has 1 aromatic carbocycles. The van der Waals surface area contributed by atoms with E-state index in [1.165, 1.54) is 0 Å². The van der Waals surface area contributed by atoms with Gasteiger partial charge in [-0.1, -0.05) is 31.8 Å². The molecule has 0 atom stereocenters. The molecule has 1 amide bonds. The summed E-state index contributed by atoms with van der Waals surface area (Å²) in [6.45, 7) is 5.97. The Hall–Kier alpha value is -1.79. The quantitative estimate of drug-likeness (QED) is 0.817. The molecule has 3 heteroatoms. The highest BCUT2D eigenvalue weighted by Gasteiger charge is 2.07. The van der Waals surface area contributed by atoms with Gasteiger partial charge < -0.3 is 10.4 Å². The zero-order valence-corrected chi connectivity index (χ0v) is 11.8. The van der Waals surface area contributed by atoms with Crippen LogP contribution in [-0.2, 0) is 4.79 Å². The average molecular weight is 259 g/mol. The van der Waals surface area contributed by atoms with Gasteiger partial charge >= 0.3 is 0 Å². The van der Waals surface area contributed by atoms with Gasteiger partial charge in [0, 0.05) is 12.0 Å². The Balaban J connectivity index is 2.80. The van der Waals surface area contributed by atoms with E-state index in [0.717, 1.165) is 23.2 Å². The maximum atomic E-state index is 11.8. The third kappa shape index (κ3) is 5.58. The number of nitrogens with one attached hydrogen (secondary N) is 1. The summed E-state index contributed by atoms with van der Waals surface area (Å²) >= 11 is 0. The molecule has 0 heterocycles. The number of carbonyl (C=O) groups is 1. The molecule has 0 aromatic heterocycles. The van der Waals surface area contributed by atoms with Gasteiger partial charge in [-0.25, -0.2) is 0 Å². The zero-order valence-electron chi connectivity index (χ0n) is 11.8. The molecule has 0 aliphatic rings. The van der Waals surface area contributed by atoms with Crippen molar-refractivity contribution in [3.05, 3.63) is 29.3 Å². The van der Waals surface area contributed by atoms with E-state index in [1.807, 2.05) is 25.1 Å². The van der Waals surface area contributed by atoms with Crippen molar-refractivity contribution in [1.29, 1.82) is 0 Å². The van der Waals surface area contributed by atoms with Gasteiger partial charge in [-0.2, -0.15) is 0 Å². The van der Waals surface area contributed by atoms with E-state index in [2.05, 4.69) is 31.0 Å². The second kappa shape index (κ2) is 7.60. The fourth-order valence-corrected chi connectivity index (χ4v) is 1.64. The Morgan fingerprint density at radius 1 is 1.42 bits per heavy atom. The Morgan fingerprint density at radius 2 is 2.16 bits per heavy atom. The normalized spacial score (nSPS) is 9.95. The topological polar surface area (TPSA) is 49.3 Å². The van der Waals surface area contributed by atoms with Crippen LogP contribution in [-0.4, -0.2) is 17.6 Å². The SMILES string of the molecule is Cc1ccc(C#CCO)c(NC(=O)CCC(C)C)c1. The molecule has 0 spiro atoms. The van der Waals surface area contributed by atoms with Crippen molar-refractivity contribution in [2.45, 2.75) is 33.6 Å². The van der Waals surface area contributed by atoms with E-state index in [0.29, 0.717) is 12.3 Å². The number of benzene rings is 1. The van der Waals surface area contributed by atoms with Gasteiger partial charge in [0.1, 0.15) is 6.61 Å². The van der Waals surface area contributed by atoms with Crippen LogP contribution in [0.3, 0.4) is 0 Å². The fraction of sp³-hybridized carbons (Fsp3) is 0.438. The van der Waals surface area contributed by atoms with Crippen LogP contribution in [0.1, 0.15) is 37.8 Å². The number of amides is 1. The minimum absolute atomic E-state index is 0.00588. The van der Waals surface area contributed by atoms with Crippen LogP contribution in [0.5, 0.6) is 0 Å². The molecule has 0 unspecified atom stereocenters. The number of carbonyl (C=O) groups excluding carboxylic acids is 1. The highest BCUT2D eigenvalue weighted by Crippen LogP contribution is 2.17. The first-order valence-electron chi connectivity index (χ1n) is 6.53. The van der Waals surface area contributed by atoms with E-state index in [1.54, 1.807) is 0 Å². The molecule has 1 aromatic rings. The van der Waals surface area contributed by atoms with Crippen molar-refractivity contribution in [2.24, 2.45) is 5.92 Å². The lowest BCUT2D eigenvalue weighted by Crippen LogP contribution is -2.13. The first-order valence-corrected chi connectivity index (χ1v) is 6.53. The van der Waals surface area contributed by atoms with E-state index in [4.69, 9.17) is 5.11 Å². The summed E-state index contributed by atoms with van der Waals surface area (Å²) in [5.41, 5.74) is 2.51. The summed E-state index contributed by atoms with van der Waals surface area (Å²) in [4.78, 5) is 11.8. The van der Waals surface area contributed by atoms with Crippen molar-refractivity contribution in [3.8, 4) is 11.8 Å². The van der Waals surface area contributed by atoms with Gasteiger partial charge in [-0.05, 0) is 37.0 Å². The molecule has 0 radical (unpaired) electrons. The van der Waals surface area contributed by atoms with Gasteiger partial charge in [0.25, 0.3) is 0 Å². The average Bonchev–Trinajstić information content (AvgIpc) is 2.35. The molecular formula is C16H21NO2. The summed E-state index contributed by atoms with van der Waals surface area (Å²) in [5, 5.41) is 11.6. The first kappa shape index (κ1) is 15.3. The lowest BCUT2D eigenvalue weighted by molar-refractivity contribution is -0.116. The van der Waals surface area contributed by atoms with E-state index in [-0.39, 0.29) is 12.5 Å². The molecule has 19 heavy (non-hydrogen) atoms. The predicted octanol–water partition coefficient (Wildman–Crippen LogP) is 2.71. The summed E-state index contributed by atoms with van der Waals surface area (Å²) < 4.78 is 0. The number of hydrogen-bond donors (Lipinski definition) is 2. The number of anilines is 1. The highest BCUT2D eigenvalue weighted by atomic mass is 16.2. The van der Waals surface area contributed by atoms with Crippen molar-refractivity contribution < 1.29 is 9.90 Å². The van der Waals surface area contributed by atoms with Gasteiger partial charge in [-0.15, -0.1) is 0 Å². The van der Waals surface area contributed by atoms with Crippen LogP contribution in [0, 0.1) is 24.7 Å². The molecule has 1 rings (SSSR count). The smallest absolute Gasteiger partial charge is 0.224 e. The van der Waals surface area contributed by atoms with E-state index in [9.17, 15) is 4.79 Å². The Bertz CT molecular complexity index is 495. The molecule has 0 bridgehead atoms. The van der Waals surface area contributed by atoms with Crippen LogP contribution in [0.15, 0.2) is 18.2 Å². The lowest BCUT2D eigenvalue weighted by atomic mass is 10.1. The molecule has 0 aliphatic carbocycles. The summed E-state index contributed by atoms with van der Waals surface area (Å²) in [6.07, 6.45) is 1.38. The van der Waals surface area contributed by atoms with Crippen molar-refractivity contribution in [1.82, 2.24) is 0 Å². The monoisotopic (exact) mass is 259 g/mol. The third-order valence-electron chi connectivity index (χ3n) is 2.70. The number of aryl methyl sites for hydroxylation is 1. The minimum Gasteiger partial charge on any atom is -0.384 e. The largest absolute Gasteiger partial charge is 0.384 e. The Labute approximate surface area is 115 Å². The second-order valence-corrected chi connectivity index (χ2v) is 4.99. The molecular weight excluding hydrogens is 238 g/mol. The molecule has 102 valence electrons. The molecule has 0 aliphatic heterocycles. The third-order valence-corrected chi connectivity index (χ3v) is 2.70. The van der Waals surface area contributed by atoms with Crippen molar-refractivity contribution in [3.63, 3.8) is 0 Å². The number of hydrogen-bond acceptors (Lipinski definition) is 2. The number of aliphatic hydroxyl groups excluding tert-OH is 1. The van der Waals surface area contributed by atoms with Gasteiger partial charge in [0.15, 0.2) is 0 Å². The summed E-state index contributed by atoms with van der Waals surface area (Å²) in [6, 6.07) is 5.69. The maximum Gasteiger partial charge on any atom is 0.224 e. The molecule has 0 saturated heterocycles. The highest BCUT2D eigenvalue weighted by molar-refractivity contribution is 5.92. The summed E-state index contributed by atoms with van der Waals surface area (Å²) in [7, 11) is 0. The van der Waals surface area contributed by atoms with Crippen molar-refractivity contribution >= 4 is 11.6 Å². The molecule has 3 nitrogen and oxygen atoms in total. The number of aliphatic hydroxyl groups is 1. The van der Waals surface area contributed by atoms with Crippen molar-refractivity contribution in [2.75, 3.05) is 11.9 Å². The van der Waals surface area contributed by atoms with Crippen LogP contribution < -0.4 is 5.32 Å². The fourth-order valence-electron chi connectivity index (χ4n) is 1.64. The molecule has 0 fully saturated rings. The number of rotatable bonds is 4. The second-order valence-electron chi connectivity index (χ2n) is 4.99. The van der Waals surface area contributed by atoms with Gasteiger partial charge in [0.05, 0.1) is 5.69 Å². The Kier molecular flexibility index (Phi) is 6.11. The standard InChI is InChI=1S/C16H21NO2/c1-12(2)6-9-16(19)17-15-11-13(3)7-8-14(15)5-4-10-18/h7-8,11-12,18H,6,9-10H2,1-3H3,(H,17,19).